The van der Waals surface area contributed by atoms with Gasteiger partial charge in [-0.25, -0.2) is 0 Å². The molecule has 2 aromatic heterocycles. The van der Waals surface area contributed by atoms with Crippen molar-refractivity contribution in [2.75, 3.05) is 40.5 Å². The van der Waals surface area contributed by atoms with Crippen LogP contribution in [-0.4, -0.2) is 57.7 Å². The van der Waals surface area contributed by atoms with Crippen LogP contribution >= 0.6 is 0 Å². The fraction of sp³-hybridized carbons (Fsp3) is 0.175. The molecule has 4 aromatic carbocycles. The summed E-state index contributed by atoms with van der Waals surface area (Å²) >= 11 is 0. The molecule has 0 spiro atoms. The summed E-state index contributed by atoms with van der Waals surface area (Å²) in [4.78, 5) is 69.4. The number of amides is 3. The maximum absolute atomic E-state index is 12.6. The van der Waals surface area contributed by atoms with Crippen LogP contribution in [0.1, 0.15) is 45.7 Å². The van der Waals surface area contributed by atoms with E-state index in [0.717, 1.165) is 41.8 Å². The molecule has 278 valence electrons. The number of aliphatic hydroxyl groups excluding tert-OH is 1. The third kappa shape index (κ3) is 9.74. The van der Waals surface area contributed by atoms with Gasteiger partial charge in [0.2, 0.25) is 16.8 Å². The van der Waals surface area contributed by atoms with E-state index in [1.165, 1.54) is 24.9 Å². The summed E-state index contributed by atoms with van der Waals surface area (Å²) in [5.74, 6) is 3.83. The van der Waals surface area contributed by atoms with Gasteiger partial charge in [0.15, 0.2) is 0 Å². The number of fused-ring (bicyclic) bond motifs is 4. The normalized spacial score (nSPS) is 11.8. The molecule has 0 saturated heterocycles. The maximum atomic E-state index is 12.6. The van der Waals surface area contributed by atoms with E-state index in [-0.39, 0.29) is 64.1 Å². The minimum absolute atomic E-state index is 0. The Bertz CT molecular complexity index is 2450. The van der Waals surface area contributed by atoms with Crippen molar-refractivity contribution in [2.24, 2.45) is 0 Å². The molecule has 2 aliphatic heterocycles. The number of para-hydroxylation sites is 2. The Balaban J connectivity index is 0.000000217. The first-order valence-electron chi connectivity index (χ1n) is 17.1. The number of nitrogens with zero attached hydrogens (tertiary/aromatic N) is 1. The predicted octanol–water partition coefficient (Wildman–Crippen LogP) is 2.87. The molecule has 8 rings (SSSR count). The summed E-state index contributed by atoms with van der Waals surface area (Å²) < 4.78 is 0. The summed E-state index contributed by atoms with van der Waals surface area (Å²) in [5.41, 5.74) is 6.36. The number of aromatic amines is 2. The number of nitrogens with one attached hydrogen (secondary N) is 6. The van der Waals surface area contributed by atoms with E-state index >= 15 is 0 Å². The van der Waals surface area contributed by atoms with Crippen molar-refractivity contribution in [1.82, 2.24) is 9.97 Å². The minimum Gasteiger partial charge on any atom is -0.553 e. The number of benzene rings is 4. The summed E-state index contributed by atoms with van der Waals surface area (Å²) in [6.45, 7) is 5.01. The molecule has 14 nitrogen and oxygen atoms in total. The van der Waals surface area contributed by atoms with E-state index in [1.54, 1.807) is 54.3 Å². The maximum Gasteiger partial charge on any atom is 1.00 e. The summed E-state index contributed by atoms with van der Waals surface area (Å²) in [6.07, 6.45) is 4.68. The standard InChI is InChI=1S/C20H17N3O3.C18H15N3O2.C2H6O.H2NO.Na/c1-12(24)23-9-8-13-6-7-14(10-18(13)23)22-20(26)16-11-21-17-5-3-2-4-15(17)19(16)25;22-17-13-3-1-2-4-15(13)20-10-14(17)18(23)21-12-6-5-11-7-8-19-16(11)9-12;1-2-3;1-2;/h2-7,10-11H,8-9H2,1H3,(H,21,25)(H,22,26);1-6,9-10,19H,7-8H2,(H,20,22)(H,21,23);3H,2H2,1H3;1-2H;/q;;;-1;+1. The zero-order valence-electron chi connectivity index (χ0n) is 30.7. The number of aromatic nitrogens is 2. The van der Waals surface area contributed by atoms with E-state index in [2.05, 4.69) is 25.9 Å². The molecular formula is C40H40N7NaO7. The topological polar surface area (TPSA) is 221 Å². The number of pyridine rings is 2. The molecule has 55 heavy (non-hydrogen) atoms. The Morgan fingerprint density at radius 2 is 1.24 bits per heavy atom. The second kappa shape index (κ2) is 19.6. The van der Waals surface area contributed by atoms with Gasteiger partial charge in [0, 0.05) is 83.6 Å². The zero-order chi connectivity index (χ0) is 38.8. The number of aliphatic hydroxyl groups is 1. The minimum atomic E-state index is -0.482. The molecule has 0 aliphatic carbocycles. The number of carbonyl (C=O) groups excluding carboxylic acids is 3. The van der Waals surface area contributed by atoms with Crippen LogP contribution in [0.2, 0.25) is 0 Å². The van der Waals surface area contributed by atoms with Crippen LogP contribution in [0.3, 0.4) is 0 Å². The van der Waals surface area contributed by atoms with Gasteiger partial charge in [0.05, 0.1) is 0 Å². The Hall–Kier alpha value is -5.61. The third-order valence-corrected chi connectivity index (χ3v) is 8.76. The van der Waals surface area contributed by atoms with Crippen molar-refractivity contribution >= 4 is 62.3 Å². The number of hydrogen-bond acceptors (Lipinski definition) is 8. The Labute approximate surface area is 338 Å². The Morgan fingerprint density at radius 3 is 1.76 bits per heavy atom. The van der Waals surface area contributed by atoms with Crippen LogP contribution in [0.4, 0.5) is 22.7 Å². The molecule has 0 saturated carbocycles. The van der Waals surface area contributed by atoms with Gasteiger partial charge >= 0.3 is 29.6 Å². The molecule has 0 atom stereocenters. The Kier molecular flexibility index (Phi) is 15.0. The fourth-order valence-corrected chi connectivity index (χ4v) is 6.22. The van der Waals surface area contributed by atoms with Gasteiger partial charge in [-0.2, -0.15) is 0 Å². The van der Waals surface area contributed by atoms with E-state index in [0.29, 0.717) is 34.2 Å². The number of hydrogen-bond donors (Lipinski definition) is 7. The average Bonchev–Trinajstić information content (AvgIpc) is 3.84. The number of rotatable bonds is 4. The van der Waals surface area contributed by atoms with Crippen LogP contribution in [-0.2, 0) is 17.6 Å². The SMILES string of the molecule is CC(=O)N1CCc2ccc(NC(=O)c3c[nH]c4ccccc4c3=O)cc21.CCO.O=C(Nc1ccc2c(c1)NCC2)c1c[nH]c2ccccc2c1=O.[NH-]O.[Na+]. The van der Waals surface area contributed by atoms with Crippen LogP contribution < -0.4 is 61.3 Å². The molecule has 6 aromatic rings. The fourth-order valence-electron chi connectivity index (χ4n) is 6.22. The van der Waals surface area contributed by atoms with Gasteiger partial charge in [-0.3, -0.25) is 24.0 Å². The largest absolute Gasteiger partial charge is 1.00 e. The quantitative estimate of drug-likeness (QED) is 0.105. The van der Waals surface area contributed by atoms with Crippen molar-refractivity contribution in [2.45, 2.75) is 26.7 Å². The monoisotopic (exact) mass is 753 g/mol. The van der Waals surface area contributed by atoms with Crippen LogP contribution in [0, 0.1) is 0 Å². The van der Waals surface area contributed by atoms with Crippen LogP contribution in [0.5, 0.6) is 0 Å². The predicted molar refractivity (Wildman–Crippen MR) is 211 cm³/mol. The van der Waals surface area contributed by atoms with Crippen molar-refractivity contribution in [3.8, 4) is 0 Å². The molecule has 2 aliphatic rings. The molecule has 0 bridgehead atoms. The molecule has 15 heteroatoms. The number of anilines is 4. The molecule has 0 unspecified atom stereocenters. The first-order chi connectivity index (χ1) is 26.2. The molecule has 0 fully saturated rings. The van der Waals surface area contributed by atoms with E-state index < -0.39 is 11.8 Å². The number of H-pyrrole nitrogens is 2. The smallest absolute Gasteiger partial charge is 0.553 e. The van der Waals surface area contributed by atoms with Crippen LogP contribution in [0.25, 0.3) is 27.7 Å². The van der Waals surface area contributed by atoms with Gasteiger partial charge in [0.1, 0.15) is 11.1 Å². The number of carbonyl (C=O) groups is 3. The molecular weight excluding hydrogens is 713 g/mol. The molecule has 4 heterocycles. The van der Waals surface area contributed by atoms with E-state index in [9.17, 15) is 24.0 Å². The van der Waals surface area contributed by atoms with Gasteiger partial charge in [0.25, 0.3) is 11.8 Å². The zero-order valence-corrected chi connectivity index (χ0v) is 32.7. The van der Waals surface area contributed by atoms with Gasteiger partial charge < -0.3 is 47.0 Å². The van der Waals surface area contributed by atoms with Crippen LogP contribution in [0.15, 0.2) is 107 Å². The molecule has 8 N–H and O–H groups in total. The molecule has 3 amide bonds. The Morgan fingerprint density at radius 1 is 0.745 bits per heavy atom. The first-order valence-corrected chi connectivity index (χ1v) is 17.1. The van der Waals surface area contributed by atoms with E-state index in [4.69, 9.17) is 16.2 Å². The first kappa shape index (κ1) is 42.1. The molecule has 0 radical (unpaired) electrons. The van der Waals surface area contributed by atoms with E-state index in [1.807, 2.05) is 42.5 Å². The van der Waals surface area contributed by atoms with Crippen molar-refractivity contribution in [1.29, 1.82) is 0 Å². The van der Waals surface area contributed by atoms with Gasteiger partial charge in [-0.05, 0) is 79.4 Å². The summed E-state index contributed by atoms with van der Waals surface area (Å²) in [7, 11) is 0. The van der Waals surface area contributed by atoms with Crippen molar-refractivity contribution in [3.05, 3.63) is 146 Å². The second-order valence-corrected chi connectivity index (χ2v) is 12.2. The van der Waals surface area contributed by atoms with Gasteiger partial charge in [-0.15, -0.1) is 0 Å². The summed E-state index contributed by atoms with van der Waals surface area (Å²) in [5, 5.41) is 23.6. The average molecular weight is 754 g/mol. The third-order valence-electron chi connectivity index (χ3n) is 8.76. The van der Waals surface area contributed by atoms with Crippen molar-refractivity contribution < 1.29 is 54.3 Å². The summed E-state index contributed by atoms with van der Waals surface area (Å²) in [6, 6.07) is 25.4. The second-order valence-electron chi connectivity index (χ2n) is 12.2. The van der Waals surface area contributed by atoms with Crippen molar-refractivity contribution in [3.63, 3.8) is 0 Å². The van der Waals surface area contributed by atoms with Gasteiger partial charge in [-0.1, -0.05) is 36.4 Å².